The Hall–Kier alpha value is -4.78. The van der Waals surface area contributed by atoms with Crippen molar-refractivity contribution in [1.82, 2.24) is 4.90 Å². The fraction of sp³-hybridized carbons (Fsp3) is 0.592. The van der Waals surface area contributed by atoms with Crippen molar-refractivity contribution in [1.29, 1.82) is 0 Å². The Labute approximate surface area is 372 Å². The first kappa shape index (κ1) is 49.2. The number of carbonyl (C=O) groups is 2. The number of methoxy groups -OCH3 is 2. The number of ketones is 1. The molecular weight excluding hydrogens is 807 g/mol. The van der Waals surface area contributed by atoms with Crippen LogP contribution in [0.2, 0.25) is 0 Å². The van der Waals surface area contributed by atoms with E-state index in [-0.39, 0.29) is 50.5 Å². The summed E-state index contributed by atoms with van der Waals surface area (Å²) < 4.78 is 23.9. The highest BCUT2D eigenvalue weighted by molar-refractivity contribution is 6.24. The van der Waals surface area contributed by atoms with Crippen LogP contribution in [0.4, 0.5) is 11.4 Å². The van der Waals surface area contributed by atoms with Gasteiger partial charge in [-0.05, 0) is 49.5 Å². The van der Waals surface area contributed by atoms with E-state index in [4.69, 9.17) is 25.4 Å². The molecule has 6 N–H and O–H groups in total. The Morgan fingerprint density at radius 3 is 2.16 bits per heavy atom. The SMILES string of the molecule is C#C[C@]12O/C=C/[C@H](OC)[C@@H](C)[C@@H](OC)[C@H](C)[C@H](O)[C@H](C)[C@@H](O)[C@@H](C)C(C)(CC)/C=C/C=C(/C)C(=O)Nc3c(N4CCN(CC(C)C)CC4)c(O)c4c(c(c(C)c(O)c4c3O)O1)C2=O. The molecular formula is C49H69N3O11. The van der Waals surface area contributed by atoms with Crippen LogP contribution in [-0.2, 0) is 19.0 Å². The minimum atomic E-state index is -2.40. The van der Waals surface area contributed by atoms with E-state index in [2.05, 4.69) is 30.0 Å². The number of allylic oxidation sites excluding steroid dienone is 3. The van der Waals surface area contributed by atoms with Gasteiger partial charge in [0.15, 0.2) is 5.75 Å². The predicted molar refractivity (Wildman–Crippen MR) is 244 cm³/mol. The molecule has 4 aliphatic heterocycles. The van der Waals surface area contributed by atoms with Gasteiger partial charge in [0, 0.05) is 81.2 Å². The van der Waals surface area contributed by atoms with Gasteiger partial charge in [-0.15, -0.1) is 6.42 Å². The van der Waals surface area contributed by atoms with Gasteiger partial charge < -0.3 is 54.7 Å². The van der Waals surface area contributed by atoms with Crippen molar-refractivity contribution in [3.05, 3.63) is 47.3 Å². The number of amides is 1. The number of terminal acetylenes is 1. The zero-order valence-electron chi connectivity index (χ0n) is 39.0. The number of hydrogen-bond acceptors (Lipinski definition) is 13. The summed E-state index contributed by atoms with van der Waals surface area (Å²) in [4.78, 5) is 32.9. The summed E-state index contributed by atoms with van der Waals surface area (Å²) in [7, 11) is 3.04. The summed E-state index contributed by atoms with van der Waals surface area (Å²) in [5.74, 6) is -4.62. The Morgan fingerprint density at radius 1 is 0.937 bits per heavy atom. The highest BCUT2D eigenvalue weighted by Crippen LogP contribution is 2.58. The van der Waals surface area contributed by atoms with Gasteiger partial charge >= 0.3 is 5.79 Å². The van der Waals surface area contributed by atoms with Gasteiger partial charge in [0.05, 0.1) is 41.6 Å². The van der Waals surface area contributed by atoms with Gasteiger partial charge in [-0.2, -0.15) is 0 Å². The van der Waals surface area contributed by atoms with E-state index in [1.54, 1.807) is 32.3 Å². The maximum absolute atomic E-state index is 14.7. The zero-order chi connectivity index (χ0) is 46.9. The summed E-state index contributed by atoms with van der Waals surface area (Å²) in [5, 5.41) is 62.2. The van der Waals surface area contributed by atoms with E-state index in [1.807, 2.05) is 52.5 Å². The third-order valence-electron chi connectivity index (χ3n) is 14.1. The number of benzene rings is 2. The van der Waals surface area contributed by atoms with Crippen molar-refractivity contribution >= 4 is 33.8 Å². The first-order chi connectivity index (χ1) is 29.6. The number of carbonyl (C=O) groups excluding carboxylic acids is 2. The number of aromatic hydroxyl groups is 3. The average molecular weight is 876 g/mol. The molecule has 0 radical (unpaired) electrons. The molecule has 1 fully saturated rings. The molecule has 1 unspecified atom stereocenters. The van der Waals surface area contributed by atoms with Crippen LogP contribution in [0.1, 0.15) is 84.7 Å². The number of nitrogens with one attached hydrogen (secondary N) is 1. The normalized spacial score (nSPS) is 33.3. The Bertz CT molecular complexity index is 2170. The Morgan fingerprint density at radius 2 is 1.59 bits per heavy atom. The van der Waals surface area contributed by atoms with Crippen LogP contribution in [0, 0.1) is 54.3 Å². The highest BCUT2D eigenvalue weighted by atomic mass is 16.7. The molecule has 0 aromatic heterocycles. The van der Waals surface area contributed by atoms with Crippen LogP contribution >= 0.6 is 0 Å². The fourth-order valence-corrected chi connectivity index (χ4v) is 9.57. The maximum Gasteiger partial charge on any atom is 0.383 e. The number of anilines is 2. The molecule has 4 aliphatic rings. The smallest absolute Gasteiger partial charge is 0.383 e. The van der Waals surface area contributed by atoms with Crippen LogP contribution in [-0.4, -0.2) is 119 Å². The molecule has 14 nitrogen and oxygen atoms in total. The third-order valence-corrected chi connectivity index (χ3v) is 14.1. The summed E-state index contributed by atoms with van der Waals surface area (Å²) in [5.41, 5.74) is -0.587. The molecule has 1 saturated heterocycles. The standard InChI is InChI=1S/C49H69N3O11/c1-14-48(11)19-16-17-27(5)47(59)50-37-38(52-22-20-51(21-23-52)25-26(3)4)43(57)34-35(42(37)56)41(55)31(9)45-36(34)46(58)49(15-2,63-45)62-24-18-33(60-12)28(6)44(61-13)30(8)39(53)29(7)40(54)32(48)10/h2,16-19,24,26,28-30,32-33,39-40,44,53-57H,14,20-23,25H2,1,3-13H3,(H,50,59)/b19-16+,24-18+,27-17-/t28-,29+,30-,32-,33+,39-,40-,44-,48?,49+/m1/s1. The van der Waals surface area contributed by atoms with Crippen LogP contribution in [0.15, 0.2) is 36.1 Å². The van der Waals surface area contributed by atoms with Gasteiger partial charge in [0.1, 0.15) is 28.6 Å². The number of aliphatic hydroxyl groups excluding tert-OH is 2. The number of piperazine rings is 1. The topological polar surface area (TPSA) is 191 Å². The van der Waals surface area contributed by atoms with Crippen molar-refractivity contribution in [2.45, 2.75) is 106 Å². The number of nitrogens with zero attached hydrogens (tertiary/aromatic N) is 2. The lowest BCUT2D eigenvalue weighted by atomic mass is 9.68. The maximum atomic E-state index is 14.7. The van der Waals surface area contributed by atoms with Gasteiger partial charge in [0.2, 0.25) is 0 Å². The second kappa shape index (κ2) is 19.5. The third kappa shape index (κ3) is 9.13. The van der Waals surface area contributed by atoms with Gasteiger partial charge in [0.25, 0.3) is 11.7 Å². The van der Waals surface area contributed by atoms with Crippen LogP contribution in [0.5, 0.6) is 23.0 Å². The average Bonchev–Trinajstić information content (AvgIpc) is 3.55. The predicted octanol–water partition coefficient (Wildman–Crippen LogP) is 6.65. The van der Waals surface area contributed by atoms with E-state index in [0.29, 0.717) is 38.5 Å². The quantitative estimate of drug-likeness (QED) is 0.103. The summed E-state index contributed by atoms with van der Waals surface area (Å²) in [6, 6.07) is 0. The van der Waals surface area contributed by atoms with Crippen LogP contribution in [0.3, 0.4) is 0 Å². The number of hydrogen-bond donors (Lipinski definition) is 6. The number of phenolic OH excluding ortho intramolecular Hbond substituents is 3. The van der Waals surface area contributed by atoms with Crippen molar-refractivity contribution in [2.24, 2.45) is 35.0 Å². The molecule has 14 heteroatoms. The van der Waals surface area contributed by atoms with Crippen LogP contribution in [0.25, 0.3) is 10.8 Å². The Kier molecular flexibility index (Phi) is 15.3. The number of ether oxygens (including phenoxy) is 4. The Balaban J connectivity index is 1.74. The minimum Gasteiger partial charge on any atom is -0.507 e. The molecule has 0 spiro atoms. The monoisotopic (exact) mass is 875 g/mol. The summed E-state index contributed by atoms with van der Waals surface area (Å²) in [6.07, 6.45) is 11.5. The molecule has 10 atom stereocenters. The van der Waals surface area contributed by atoms with Crippen molar-refractivity contribution < 1.29 is 54.1 Å². The fourth-order valence-electron chi connectivity index (χ4n) is 9.57. The number of fused-ring (bicyclic) bond motifs is 15. The molecule has 63 heavy (non-hydrogen) atoms. The van der Waals surface area contributed by atoms with Gasteiger partial charge in [-0.3, -0.25) is 14.5 Å². The lowest BCUT2D eigenvalue weighted by molar-refractivity contribution is -0.112. The largest absolute Gasteiger partial charge is 0.507 e. The molecule has 346 valence electrons. The molecule has 2 aromatic carbocycles. The minimum absolute atomic E-state index is 0.0339. The zero-order valence-corrected chi connectivity index (χ0v) is 39.0. The van der Waals surface area contributed by atoms with Crippen molar-refractivity contribution in [2.75, 3.05) is 57.2 Å². The lowest BCUT2D eigenvalue weighted by Gasteiger charge is -2.41. The van der Waals surface area contributed by atoms with E-state index in [1.165, 1.54) is 20.3 Å². The molecule has 1 amide bonds. The molecule has 6 rings (SSSR count). The van der Waals surface area contributed by atoms with E-state index in [0.717, 1.165) is 6.54 Å². The summed E-state index contributed by atoms with van der Waals surface area (Å²) in [6.45, 7) is 21.7. The number of Topliss-reactive ketones (excluding diaryl/α,β-unsaturated/α-hetero) is 1. The van der Waals surface area contributed by atoms with E-state index >= 15 is 0 Å². The van der Waals surface area contributed by atoms with Crippen molar-refractivity contribution in [3.8, 4) is 35.3 Å². The molecule has 0 saturated carbocycles. The van der Waals surface area contributed by atoms with E-state index in [9.17, 15) is 35.1 Å². The molecule has 4 heterocycles. The second-order valence-electron chi connectivity index (χ2n) is 18.4. The molecule has 0 aliphatic carbocycles. The number of phenols is 3. The van der Waals surface area contributed by atoms with E-state index < -0.39 is 82.3 Å². The van der Waals surface area contributed by atoms with Crippen molar-refractivity contribution in [3.63, 3.8) is 0 Å². The first-order valence-corrected chi connectivity index (χ1v) is 22.0. The second-order valence-corrected chi connectivity index (χ2v) is 18.4. The number of rotatable bonds is 6. The molecule has 2 aromatic rings. The summed E-state index contributed by atoms with van der Waals surface area (Å²) >= 11 is 0. The van der Waals surface area contributed by atoms with Crippen LogP contribution < -0.4 is 15.0 Å². The number of aliphatic hydroxyl groups is 2. The first-order valence-electron chi connectivity index (χ1n) is 22.0. The van der Waals surface area contributed by atoms with Gasteiger partial charge in [-0.25, -0.2) is 0 Å². The highest BCUT2D eigenvalue weighted by Gasteiger charge is 2.53. The molecule has 5 bridgehead atoms. The lowest BCUT2D eigenvalue weighted by Crippen LogP contribution is -2.47. The van der Waals surface area contributed by atoms with Gasteiger partial charge in [-0.1, -0.05) is 73.6 Å².